The fourth-order valence-electron chi connectivity index (χ4n) is 2.86. The summed E-state index contributed by atoms with van der Waals surface area (Å²) in [6.45, 7) is 0. The molecule has 2 aromatic carbocycles. The van der Waals surface area contributed by atoms with Crippen LogP contribution in [0.3, 0.4) is 0 Å². The summed E-state index contributed by atoms with van der Waals surface area (Å²) in [5, 5.41) is 11.0. The van der Waals surface area contributed by atoms with Crippen molar-refractivity contribution in [2.24, 2.45) is 0 Å². The maximum absolute atomic E-state index is 12.3. The van der Waals surface area contributed by atoms with E-state index < -0.39 is 0 Å². The number of para-hydroxylation sites is 2. The Balaban J connectivity index is 1.56. The number of nitrogens with zero attached hydrogens (tertiary/aromatic N) is 5. The van der Waals surface area contributed by atoms with Gasteiger partial charge in [-0.2, -0.15) is 10.1 Å². The van der Waals surface area contributed by atoms with Crippen LogP contribution >= 0.6 is 0 Å². The third-order valence-electron chi connectivity index (χ3n) is 4.05. The molecular formula is C17H12N8O. The lowest BCUT2D eigenvalue weighted by Gasteiger charge is -2.06. The Morgan fingerprint density at radius 2 is 1.96 bits per heavy atom. The van der Waals surface area contributed by atoms with Crippen molar-refractivity contribution >= 4 is 33.6 Å². The summed E-state index contributed by atoms with van der Waals surface area (Å²) in [6, 6.07) is 13.1. The number of imidazole rings is 1. The standard InChI is InChI=1S/C17H12N8O/c26-17-22-13-3-1-2-4-14(13)25(17)16-19-9-18-15(23-16)21-11-5-6-12-10(7-11)8-20-24-12/h1-9H,(H,20,24)(H,22,26)(H,18,19,21,23). The molecule has 5 rings (SSSR count). The number of H-pyrrole nitrogens is 2. The zero-order valence-electron chi connectivity index (χ0n) is 13.3. The van der Waals surface area contributed by atoms with Gasteiger partial charge in [0.15, 0.2) is 0 Å². The van der Waals surface area contributed by atoms with Crippen LogP contribution in [-0.4, -0.2) is 34.7 Å². The van der Waals surface area contributed by atoms with E-state index in [1.54, 1.807) is 6.20 Å². The average molecular weight is 344 g/mol. The molecule has 0 saturated carbocycles. The van der Waals surface area contributed by atoms with E-state index >= 15 is 0 Å². The normalized spacial score (nSPS) is 11.2. The molecule has 126 valence electrons. The Hall–Kier alpha value is -4.01. The topological polar surface area (TPSA) is 117 Å². The smallest absolute Gasteiger partial charge is 0.324 e. The number of fused-ring (bicyclic) bond motifs is 2. The van der Waals surface area contributed by atoms with Gasteiger partial charge in [0.1, 0.15) is 6.33 Å². The van der Waals surface area contributed by atoms with Crippen LogP contribution in [0.5, 0.6) is 0 Å². The summed E-state index contributed by atoms with van der Waals surface area (Å²) < 4.78 is 1.42. The third-order valence-corrected chi connectivity index (χ3v) is 4.05. The minimum absolute atomic E-state index is 0.245. The fourth-order valence-corrected chi connectivity index (χ4v) is 2.86. The van der Waals surface area contributed by atoms with Crippen LogP contribution in [0.2, 0.25) is 0 Å². The maximum atomic E-state index is 12.3. The maximum Gasteiger partial charge on any atom is 0.333 e. The molecule has 0 aliphatic rings. The molecule has 0 aliphatic carbocycles. The van der Waals surface area contributed by atoms with Crippen molar-refractivity contribution in [1.29, 1.82) is 0 Å². The van der Waals surface area contributed by atoms with E-state index in [1.165, 1.54) is 10.9 Å². The number of anilines is 2. The summed E-state index contributed by atoms with van der Waals surface area (Å²) in [5.74, 6) is 0.587. The van der Waals surface area contributed by atoms with E-state index in [2.05, 4.69) is 35.5 Å². The van der Waals surface area contributed by atoms with Gasteiger partial charge in [-0.1, -0.05) is 12.1 Å². The largest absolute Gasteiger partial charge is 0.333 e. The zero-order valence-corrected chi connectivity index (χ0v) is 13.3. The number of hydrogen-bond donors (Lipinski definition) is 3. The van der Waals surface area contributed by atoms with E-state index in [0.717, 1.165) is 22.1 Å². The quantitative estimate of drug-likeness (QED) is 0.461. The number of aromatic amines is 2. The van der Waals surface area contributed by atoms with Gasteiger partial charge < -0.3 is 10.3 Å². The molecule has 0 spiro atoms. The molecule has 3 heterocycles. The highest BCUT2D eigenvalue weighted by atomic mass is 16.1. The lowest BCUT2D eigenvalue weighted by molar-refractivity contribution is 0.886. The number of nitrogens with one attached hydrogen (secondary N) is 3. The Kier molecular flexibility index (Phi) is 3.04. The fraction of sp³-hybridized carbons (Fsp3) is 0. The average Bonchev–Trinajstić information content (AvgIpc) is 3.24. The van der Waals surface area contributed by atoms with Gasteiger partial charge in [0.2, 0.25) is 11.9 Å². The van der Waals surface area contributed by atoms with Crippen LogP contribution < -0.4 is 11.0 Å². The molecule has 26 heavy (non-hydrogen) atoms. The molecule has 0 saturated heterocycles. The predicted octanol–water partition coefficient (Wildman–Crippen LogP) is 2.12. The monoisotopic (exact) mass is 344 g/mol. The van der Waals surface area contributed by atoms with Crippen LogP contribution in [0, 0.1) is 0 Å². The number of aromatic nitrogens is 7. The van der Waals surface area contributed by atoms with Crippen LogP contribution in [0.25, 0.3) is 27.9 Å². The van der Waals surface area contributed by atoms with Crippen molar-refractivity contribution in [2.75, 3.05) is 5.32 Å². The Morgan fingerprint density at radius 3 is 2.92 bits per heavy atom. The Bertz CT molecular complexity index is 1300. The van der Waals surface area contributed by atoms with E-state index in [9.17, 15) is 4.79 Å². The molecule has 3 aromatic heterocycles. The second-order valence-corrected chi connectivity index (χ2v) is 5.69. The van der Waals surface area contributed by atoms with Crippen LogP contribution in [0.1, 0.15) is 0 Å². The van der Waals surface area contributed by atoms with Crippen molar-refractivity contribution in [3.8, 4) is 5.95 Å². The predicted molar refractivity (Wildman–Crippen MR) is 96.7 cm³/mol. The van der Waals surface area contributed by atoms with E-state index in [0.29, 0.717) is 11.5 Å². The van der Waals surface area contributed by atoms with Gasteiger partial charge in [-0.3, -0.25) is 5.10 Å². The van der Waals surface area contributed by atoms with E-state index in [1.807, 2.05) is 42.5 Å². The van der Waals surface area contributed by atoms with Crippen LogP contribution in [0.4, 0.5) is 11.6 Å². The van der Waals surface area contributed by atoms with Crippen molar-refractivity contribution in [1.82, 2.24) is 34.7 Å². The summed E-state index contributed by atoms with van der Waals surface area (Å²) in [4.78, 5) is 27.7. The number of hydrogen-bond acceptors (Lipinski definition) is 6. The molecule has 0 bridgehead atoms. The molecule has 3 N–H and O–H groups in total. The van der Waals surface area contributed by atoms with Gasteiger partial charge in [0.25, 0.3) is 0 Å². The van der Waals surface area contributed by atoms with Gasteiger partial charge in [-0.05, 0) is 30.3 Å². The molecule has 9 heteroatoms. The summed E-state index contributed by atoms with van der Waals surface area (Å²) >= 11 is 0. The number of benzene rings is 2. The molecule has 0 aliphatic heterocycles. The second-order valence-electron chi connectivity index (χ2n) is 5.69. The molecule has 0 unspecified atom stereocenters. The van der Waals surface area contributed by atoms with Crippen molar-refractivity contribution in [3.05, 3.63) is 65.5 Å². The first-order valence-electron chi connectivity index (χ1n) is 7.87. The van der Waals surface area contributed by atoms with Crippen molar-refractivity contribution in [3.63, 3.8) is 0 Å². The molecule has 0 amide bonds. The Morgan fingerprint density at radius 1 is 1.04 bits per heavy atom. The van der Waals surface area contributed by atoms with E-state index in [4.69, 9.17) is 0 Å². The first-order chi connectivity index (χ1) is 12.8. The molecule has 0 atom stereocenters. The SMILES string of the molecule is O=c1[nH]c2ccccc2n1-c1ncnc(Nc2ccc3[nH]ncc3c2)n1. The summed E-state index contributed by atoms with van der Waals surface area (Å²) in [7, 11) is 0. The van der Waals surface area contributed by atoms with Crippen LogP contribution in [-0.2, 0) is 0 Å². The van der Waals surface area contributed by atoms with Gasteiger partial charge in [0, 0.05) is 11.1 Å². The third kappa shape index (κ3) is 2.30. The highest BCUT2D eigenvalue weighted by Crippen LogP contribution is 2.19. The lowest BCUT2D eigenvalue weighted by Crippen LogP contribution is -2.18. The van der Waals surface area contributed by atoms with Crippen LogP contribution in [0.15, 0.2) is 59.8 Å². The van der Waals surface area contributed by atoms with E-state index in [-0.39, 0.29) is 11.6 Å². The zero-order chi connectivity index (χ0) is 17.5. The van der Waals surface area contributed by atoms with Gasteiger partial charge in [-0.15, -0.1) is 0 Å². The van der Waals surface area contributed by atoms with Crippen molar-refractivity contribution < 1.29 is 0 Å². The molecular weight excluding hydrogens is 332 g/mol. The first kappa shape index (κ1) is 14.3. The first-order valence-corrected chi connectivity index (χ1v) is 7.87. The minimum atomic E-state index is -0.303. The highest BCUT2D eigenvalue weighted by Gasteiger charge is 2.11. The minimum Gasteiger partial charge on any atom is -0.324 e. The molecule has 0 radical (unpaired) electrons. The number of rotatable bonds is 3. The molecule has 5 aromatic rings. The summed E-state index contributed by atoms with van der Waals surface area (Å²) in [6.07, 6.45) is 3.11. The van der Waals surface area contributed by atoms with Gasteiger partial charge in [-0.25, -0.2) is 19.3 Å². The van der Waals surface area contributed by atoms with Crippen molar-refractivity contribution in [2.45, 2.75) is 0 Å². The second kappa shape index (κ2) is 5.52. The lowest BCUT2D eigenvalue weighted by atomic mass is 10.2. The Labute approximate surface area is 145 Å². The molecule has 9 nitrogen and oxygen atoms in total. The molecule has 0 fully saturated rings. The summed E-state index contributed by atoms with van der Waals surface area (Å²) in [5.41, 5.74) is 2.87. The van der Waals surface area contributed by atoms with Gasteiger partial charge >= 0.3 is 5.69 Å². The highest BCUT2D eigenvalue weighted by molar-refractivity contribution is 5.82. The van der Waals surface area contributed by atoms with Gasteiger partial charge in [0.05, 0.1) is 22.7 Å².